The van der Waals surface area contributed by atoms with E-state index in [1.807, 2.05) is 29.8 Å². The van der Waals surface area contributed by atoms with Crippen LogP contribution in [0.5, 0.6) is 0 Å². The van der Waals surface area contributed by atoms with Gasteiger partial charge in [0.1, 0.15) is 11.4 Å². The standard InChI is InChI=1S/C26H21ClFN5O/c1-32-15-30-14-23(32)26(29,17-6-8-18(27)9-7-17)22-11-10-21-25(31-22)20(13-24(34)33(21)2)16-4-3-5-19(28)12-16/h3-15H,29H2,1-2H3/t26-/m1/s1. The van der Waals surface area contributed by atoms with Crippen molar-refractivity contribution in [3.8, 4) is 11.1 Å². The molecule has 0 aliphatic carbocycles. The highest BCUT2D eigenvalue weighted by atomic mass is 35.5. The van der Waals surface area contributed by atoms with Crippen molar-refractivity contribution in [3.63, 3.8) is 0 Å². The number of pyridine rings is 2. The van der Waals surface area contributed by atoms with Crippen molar-refractivity contribution in [1.82, 2.24) is 19.1 Å². The molecule has 0 amide bonds. The van der Waals surface area contributed by atoms with Crippen molar-refractivity contribution in [1.29, 1.82) is 0 Å². The van der Waals surface area contributed by atoms with E-state index in [4.69, 9.17) is 22.3 Å². The first-order chi connectivity index (χ1) is 16.3. The molecule has 0 radical (unpaired) electrons. The molecule has 34 heavy (non-hydrogen) atoms. The minimum atomic E-state index is -1.17. The third-order valence-corrected chi connectivity index (χ3v) is 6.40. The lowest BCUT2D eigenvalue weighted by molar-refractivity contribution is 0.580. The Balaban J connectivity index is 1.84. The number of rotatable bonds is 4. The molecule has 0 aliphatic rings. The van der Waals surface area contributed by atoms with Gasteiger partial charge in [-0.1, -0.05) is 35.9 Å². The maximum Gasteiger partial charge on any atom is 0.251 e. The number of aromatic nitrogens is 4. The van der Waals surface area contributed by atoms with E-state index in [0.717, 1.165) is 11.3 Å². The number of halogens is 2. The molecule has 2 N–H and O–H groups in total. The summed E-state index contributed by atoms with van der Waals surface area (Å²) < 4.78 is 17.4. The molecule has 0 bridgehead atoms. The second-order valence-corrected chi connectivity index (χ2v) is 8.67. The van der Waals surface area contributed by atoms with Gasteiger partial charge < -0.3 is 14.9 Å². The lowest BCUT2D eigenvalue weighted by Crippen LogP contribution is -2.41. The van der Waals surface area contributed by atoms with Crippen LogP contribution in [-0.4, -0.2) is 19.1 Å². The molecule has 5 aromatic rings. The van der Waals surface area contributed by atoms with Crippen LogP contribution in [0.1, 0.15) is 17.0 Å². The van der Waals surface area contributed by atoms with Crippen molar-refractivity contribution in [3.05, 3.63) is 117 Å². The van der Waals surface area contributed by atoms with Crippen LogP contribution in [0.4, 0.5) is 4.39 Å². The summed E-state index contributed by atoms with van der Waals surface area (Å²) >= 11 is 6.14. The first-order valence-electron chi connectivity index (χ1n) is 10.6. The molecule has 1 atom stereocenters. The topological polar surface area (TPSA) is 78.7 Å². The van der Waals surface area contributed by atoms with Gasteiger partial charge in [-0.15, -0.1) is 0 Å². The van der Waals surface area contributed by atoms with Crippen LogP contribution in [0.25, 0.3) is 22.2 Å². The summed E-state index contributed by atoms with van der Waals surface area (Å²) in [5.74, 6) is -0.397. The fraction of sp³-hybridized carbons (Fsp3) is 0.115. The number of fused-ring (bicyclic) bond motifs is 1. The molecule has 0 unspecified atom stereocenters. The summed E-state index contributed by atoms with van der Waals surface area (Å²) in [6.45, 7) is 0. The molecule has 0 spiro atoms. The van der Waals surface area contributed by atoms with Crippen molar-refractivity contribution in [2.45, 2.75) is 5.54 Å². The summed E-state index contributed by atoms with van der Waals surface area (Å²) in [5, 5.41) is 0.589. The highest BCUT2D eigenvalue weighted by Gasteiger charge is 2.36. The zero-order valence-corrected chi connectivity index (χ0v) is 19.3. The maximum absolute atomic E-state index is 14.0. The molecule has 0 fully saturated rings. The highest BCUT2D eigenvalue weighted by Crippen LogP contribution is 2.35. The van der Waals surface area contributed by atoms with E-state index in [9.17, 15) is 9.18 Å². The van der Waals surface area contributed by atoms with E-state index in [2.05, 4.69) is 4.98 Å². The normalized spacial score (nSPS) is 13.2. The average Bonchev–Trinajstić information content (AvgIpc) is 3.27. The van der Waals surface area contributed by atoms with Gasteiger partial charge in [0.05, 0.1) is 34.9 Å². The molecule has 5 rings (SSSR count). The van der Waals surface area contributed by atoms with Gasteiger partial charge in [0.15, 0.2) is 0 Å². The van der Waals surface area contributed by atoms with E-state index in [1.165, 1.54) is 22.8 Å². The van der Waals surface area contributed by atoms with Crippen LogP contribution < -0.4 is 11.3 Å². The molecule has 8 heteroatoms. The van der Waals surface area contributed by atoms with Crippen LogP contribution in [0, 0.1) is 5.82 Å². The van der Waals surface area contributed by atoms with Crippen molar-refractivity contribution in [2.24, 2.45) is 19.8 Å². The predicted molar refractivity (Wildman–Crippen MR) is 131 cm³/mol. The van der Waals surface area contributed by atoms with E-state index in [1.54, 1.807) is 49.9 Å². The Kier molecular flexibility index (Phi) is 5.31. The highest BCUT2D eigenvalue weighted by molar-refractivity contribution is 6.30. The molecular formula is C26H21ClFN5O. The fourth-order valence-electron chi connectivity index (χ4n) is 4.30. The van der Waals surface area contributed by atoms with Gasteiger partial charge in [-0.2, -0.15) is 0 Å². The van der Waals surface area contributed by atoms with Gasteiger partial charge in [0.2, 0.25) is 0 Å². The number of hydrogen-bond donors (Lipinski definition) is 1. The second-order valence-electron chi connectivity index (χ2n) is 8.23. The van der Waals surface area contributed by atoms with Gasteiger partial charge in [0, 0.05) is 30.7 Å². The Morgan fingerprint density at radius 3 is 2.47 bits per heavy atom. The largest absolute Gasteiger partial charge is 0.335 e. The summed E-state index contributed by atoms with van der Waals surface area (Å²) in [5.41, 5.74) is 10.0. The zero-order chi connectivity index (χ0) is 24.0. The number of hydrogen-bond acceptors (Lipinski definition) is 4. The van der Waals surface area contributed by atoms with Gasteiger partial charge in [-0.05, 0) is 47.5 Å². The Morgan fingerprint density at radius 2 is 1.79 bits per heavy atom. The van der Waals surface area contributed by atoms with Gasteiger partial charge in [-0.25, -0.2) is 14.4 Å². The van der Waals surface area contributed by atoms with Crippen LogP contribution in [0.15, 0.2) is 84.0 Å². The summed E-state index contributed by atoms with van der Waals surface area (Å²) in [6, 6.07) is 18.5. The molecule has 2 aromatic carbocycles. The first-order valence-corrected chi connectivity index (χ1v) is 11.0. The van der Waals surface area contributed by atoms with E-state index in [0.29, 0.717) is 32.9 Å². The third kappa shape index (κ3) is 3.50. The molecule has 0 saturated carbocycles. The number of nitrogens with zero attached hydrogens (tertiary/aromatic N) is 4. The monoisotopic (exact) mass is 473 g/mol. The second kappa shape index (κ2) is 8.20. The van der Waals surface area contributed by atoms with E-state index >= 15 is 0 Å². The van der Waals surface area contributed by atoms with Crippen molar-refractivity contribution >= 4 is 22.6 Å². The zero-order valence-electron chi connectivity index (χ0n) is 18.5. The minimum Gasteiger partial charge on any atom is -0.335 e. The molecule has 0 aliphatic heterocycles. The van der Waals surface area contributed by atoms with E-state index in [-0.39, 0.29) is 5.56 Å². The van der Waals surface area contributed by atoms with Crippen molar-refractivity contribution < 1.29 is 4.39 Å². The minimum absolute atomic E-state index is 0.218. The predicted octanol–water partition coefficient (Wildman–Crippen LogP) is 4.38. The molecule has 0 saturated heterocycles. The van der Waals surface area contributed by atoms with Crippen molar-refractivity contribution in [2.75, 3.05) is 0 Å². The van der Waals surface area contributed by atoms with Gasteiger partial charge in [-0.3, -0.25) is 4.79 Å². The average molecular weight is 474 g/mol. The van der Waals surface area contributed by atoms with Crippen LogP contribution in [-0.2, 0) is 19.6 Å². The number of benzene rings is 2. The van der Waals surface area contributed by atoms with E-state index < -0.39 is 11.4 Å². The van der Waals surface area contributed by atoms with Crippen LogP contribution >= 0.6 is 11.6 Å². The molecular weight excluding hydrogens is 453 g/mol. The van der Waals surface area contributed by atoms with Gasteiger partial charge in [0.25, 0.3) is 5.56 Å². The quantitative estimate of drug-likeness (QED) is 0.420. The number of aryl methyl sites for hydroxylation is 2. The molecule has 6 nitrogen and oxygen atoms in total. The Morgan fingerprint density at radius 1 is 1.03 bits per heavy atom. The summed E-state index contributed by atoms with van der Waals surface area (Å²) in [6.07, 6.45) is 3.38. The third-order valence-electron chi connectivity index (χ3n) is 6.15. The Hall–Kier alpha value is -3.81. The summed E-state index contributed by atoms with van der Waals surface area (Å²) in [7, 11) is 3.54. The number of nitrogens with two attached hydrogens (primary N) is 1. The molecule has 170 valence electrons. The van der Waals surface area contributed by atoms with Crippen LogP contribution in [0.2, 0.25) is 5.02 Å². The molecule has 3 aromatic heterocycles. The SMILES string of the molecule is Cn1cncc1[C@@](N)(c1ccc(Cl)cc1)c1ccc2c(n1)c(-c1cccc(F)c1)cc(=O)n2C. The lowest BCUT2D eigenvalue weighted by atomic mass is 9.84. The fourth-order valence-corrected chi connectivity index (χ4v) is 4.43. The Bertz CT molecular complexity index is 1590. The number of imidazole rings is 1. The first kappa shape index (κ1) is 22.0. The summed E-state index contributed by atoms with van der Waals surface area (Å²) in [4.78, 5) is 21.9. The Labute approximate surface area is 200 Å². The maximum atomic E-state index is 14.0. The smallest absolute Gasteiger partial charge is 0.251 e. The molecule has 3 heterocycles. The van der Waals surface area contributed by atoms with Crippen LogP contribution in [0.3, 0.4) is 0 Å². The van der Waals surface area contributed by atoms with Gasteiger partial charge >= 0.3 is 0 Å². The lowest BCUT2D eigenvalue weighted by Gasteiger charge is -2.30.